The maximum Gasteiger partial charge on any atom is 0.269 e. The molecule has 9 heteroatoms. The molecule has 0 atom stereocenters. The Bertz CT molecular complexity index is 1240. The van der Waals surface area contributed by atoms with Gasteiger partial charge in [-0.05, 0) is 48.9 Å². The molecule has 1 aliphatic rings. The van der Waals surface area contributed by atoms with Gasteiger partial charge in [0.15, 0.2) is 5.78 Å². The Morgan fingerprint density at radius 1 is 1.06 bits per heavy atom. The van der Waals surface area contributed by atoms with E-state index in [0.29, 0.717) is 16.8 Å². The Labute approximate surface area is 188 Å². The Hall–Kier alpha value is -3.98. The third kappa shape index (κ3) is 4.37. The molecule has 0 spiro atoms. The fourth-order valence-corrected chi connectivity index (χ4v) is 4.28. The molecule has 0 aromatic heterocycles. The molecular formula is C23H18N4O4S. The minimum absolute atomic E-state index is 0.00415. The molecule has 3 aromatic carbocycles. The van der Waals surface area contributed by atoms with Gasteiger partial charge in [0, 0.05) is 27.5 Å². The van der Waals surface area contributed by atoms with Crippen molar-refractivity contribution in [3.63, 3.8) is 0 Å². The molecule has 3 aromatic rings. The van der Waals surface area contributed by atoms with Crippen LogP contribution in [0.3, 0.4) is 0 Å². The number of nitrogens with one attached hydrogen (secondary N) is 1. The molecule has 160 valence electrons. The second-order valence-electron chi connectivity index (χ2n) is 6.98. The van der Waals surface area contributed by atoms with Crippen molar-refractivity contribution >= 4 is 46.7 Å². The zero-order chi connectivity index (χ0) is 22.7. The zero-order valence-corrected chi connectivity index (χ0v) is 17.8. The number of ketones is 1. The summed E-state index contributed by atoms with van der Waals surface area (Å²) in [5, 5.41) is 14.8. The highest BCUT2D eigenvalue weighted by atomic mass is 32.2. The molecule has 1 amide bonds. The molecule has 1 aliphatic heterocycles. The lowest BCUT2D eigenvalue weighted by atomic mass is 10.1. The fraction of sp³-hybridized carbons (Fsp3) is 0.0870. The SMILES string of the molecule is CC(=O)c1ccc2c(c1)N(C(=O)CN/N=C/c1ccc([N+](=O)[O-])cc1)c1ccccc1S2. The van der Waals surface area contributed by atoms with Gasteiger partial charge in [0.1, 0.15) is 6.54 Å². The highest BCUT2D eigenvalue weighted by Gasteiger charge is 2.28. The zero-order valence-electron chi connectivity index (χ0n) is 17.0. The van der Waals surface area contributed by atoms with E-state index in [9.17, 15) is 19.7 Å². The van der Waals surface area contributed by atoms with Crippen LogP contribution in [0.5, 0.6) is 0 Å². The molecule has 0 radical (unpaired) electrons. The summed E-state index contributed by atoms with van der Waals surface area (Å²) in [5.41, 5.74) is 5.33. The van der Waals surface area contributed by atoms with E-state index in [1.54, 1.807) is 40.9 Å². The van der Waals surface area contributed by atoms with Gasteiger partial charge in [0.25, 0.3) is 11.6 Å². The molecule has 0 saturated carbocycles. The number of nitro groups is 1. The van der Waals surface area contributed by atoms with Crippen molar-refractivity contribution in [1.29, 1.82) is 0 Å². The number of amides is 1. The van der Waals surface area contributed by atoms with Crippen molar-refractivity contribution < 1.29 is 14.5 Å². The first-order valence-corrected chi connectivity index (χ1v) is 10.5. The van der Waals surface area contributed by atoms with Gasteiger partial charge in [-0.1, -0.05) is 30.0 Å². The van der Waals surface area contributed by atoms with Crippen molar-refractivity contribution in [3.8, 4) is 0 Å². The monoisotopic (exact) mass is 446 g/mol. The van der Waals surface area contributed by atoms with E-state index >= 15 is 0 Å². The standard InChI is InChI=1S/C23H18N4O4S/c1-15(28)17-8-11-22-20(12-17)26(19-4-2-3-5-21(19)32-22)23(29)14-25-24-13-16-6-9-18(10-7-16)27(30)31/h2-13,25H,14H2,1H3/b24-13+. The van der Waals surface area contributed by atoms with Gasteiger partial charge in [-0.3, -0.25) is 24.6 Å². The summed E-state index contributed by atoms with van der Waals surface area (Å²) < 4.78 is 0. The molecule has 0 saturated heterocycles. The Kier molecular flexibility index (Phi) is 6.00. The van der Waals surface area contributed by atoms with Gasteiger partial charge in [0.05, 0.1) is 22.5 Å². The van der Waals surface area contributed by atoms with E-state index in [4.69, 9.17) is 0 Å². The molecule has 0 unspecified atom stereocenters. The van der Waals surface area contributed by atoms with Gasteiger partial charge in [0.2, 0.25) is 0 Å². The number of rotatable bonds is 6. The minimum Gasteiger partial charge on any atom is -0.301 e. The topological polar surface area (TPSA) is 105 Å². The molecule has 4 rings (SSSR count). The minimum atomic E-state index is -0.470. The van der Waals surface area contributed by atoms with Crippen LogP contribution in [-0.4, -0.2) is 29.4 Å². The second-order valence-corrected chi connectivity index (χ2v) is 8.06. The molecule has 0 fully saturated rings. The molecule has 0 aliphatic carbocycles. The number of hydrazone groups is 1. The number of para-hydroxylation sites is 1. The largest absolute Gasteiger partial charge is 0.301 e. The summed E-state index contributed by atoms with van der Waals surface area (Å²) in [4.78, 5) is 38.7. The fourth-order valence-electron chi connectivity index (χ4n) is 3.24. The summed E-state index contributed by atoms with van der Waals surface area (Å²) in [6.45, 7) is 1.42. The summed E-state index contributed by atoms with van der Waals surface area (Å²) in [5.74, 6) is -0.310. The number of carbonyl (C=O) groups is 2. The van der Waals surface area contributed by atoms with Crippen LogP contribution < -0.4 is 10.3 Å². The lowest BCUT2D eigenvalue weighted by molar-refractivity contribution is -0.384. The number of hydrogen-bond donors (Lipinski definition) is 1. The number of hydrogen-bond acceptors (Lipinski definition) is 7. The molecular weight excluding hydrogens is 428 g/mol. The smallest absolute Gasteiger partial charge is 0.269 e. The Balaban J connectivity index is 1.53. The van der Waals surface area contributed by atoms with Crippen molar-refractivity contribution in [2.45, 2.75) is 16.7 Å². The van der Waals surface area contributed by atoms with Crippen molar-refractivity contribution in [2.24, 2.45) is 5.10 Å². The predicted molar refractivity (Wildman–Crippen MR) is 123 cm³/mol. The van der Waals surface area contributed by atoms with Crippen LogP contribution in [-0.2, 0) is 4.79 Å². The number of non-ortho nitro benzene ring substituents is 1. The summed E-state index contributed by atoms with van der Waals surface area (Å²) in [6.07, 6.45) is 1.48. The van der Waals surface area contributed by atoms with Crippen LogP contribution in [0.4, 0.5) is 17.1 Å². The number of fused-ring (bicyclic) bond motifs is 2. The predicted octanol–water partition coefficient (Wildman–Crippen LogP) is 4.55. The van der Waals surface area contributed by atoms with E-state index in [1.807, 2.05) is 30.3 Å². The average molecular weight is 446 g/mol. The molecule has 0 bridgehead atoms. The maximum absolute atomic E-state index is 13.2. The van der Waals surface area contributed by atoms with E-state index in [0.717, 1.165) is 15.5 Å². The van der Waals surface area contributed by atoms with Crippen LogP contribution in [0.1, 0.15) is 22.8 Å². The lowest BCUT2D eigenvalue weighted by Crippen LogP contribution is -2.35. The summed E-state index contributed by atoms with van der Waals surface area (Å²) in [6, 6.07) is 18.9. The molecule has 32 heavy (non-hydrogen) atoms. The number of nitro benzene ring substituents is 1. The van der Waals surface area contributed by atoms with Gasteiger partial charge in [-0.2, -0.15) is 5.10 Å². The van der Waals surface area contributed by atoms with Gasteiger partial charge >= 0.3 is 0 Å². The maximum atomic E-state index is 13.2. The van der Waals surface area contributed by atoms with Crippen molar-refractivity contribution in [2.75, 3.05) is 11.4 Å². The summed E-state index contributed by atoms with van der Waals surface area (Å²) >= 11 is 1.55. The van der Waals surface area contributed by atoms with Crippen LogP contribution in [0.15, 0.2) is 81.6 Å². The Morgan fingerprint density at radius 3 is 2.50 bits per heavy atom. The van der Waals surface area contributed by atoms with Crippen LogP contribution >= 0.6 is 11.8 Å². The Morgan fingerprint density at radius 2 is 1.78 bits per heavy atom. The van der Waals surface area contributed by atoms with E-state index in [1.165, 1.54) is 25.3 Å². The van der Waals surface area contributed by atoms with Crippen LogP contribution in [0.2, 0.25) is 0 Å². The normalized spacial score (nSPS) is 12.2. The number of nitrogens with zero attached hydrogens (tertiary/aromatic N) is 3. The van der Waals surface area contributed by atoms with Crippen molar-refractivity contribution in [1.82, 2.24) is 5.43 Å². The first kappa shape index (κ1) is 21.3. The highest BCUT2D eigenvalue weighted by molar-refractivity contribution is 7.99. The number of anilines is 2. The number of benzene rings is 3. The van der Waals surface area contributed by atoms with E-state index in [2.05, 4.69) is 10.5 Å². The second kappa shape index (κ2) is 9.03. The first-order chi connectivity index (χ1) is 15.4. The van der Waals surface area contributed by atoms with Gasteiger partial charge < -0.3 is 5.43 Å². The molecule has 1 heterocycles. The third-order valence-electron chi connectivity index (χ3n) is 4.82. The van der Waals surface area contributed by atoms with Gasteiger partial charge in [-0.25, -0.2) is 0 Å². The van der Waals surface area contributed by atoms with Crippen LogP contribution in [0.25, 0.3) is 0 Å². The number of carbonyl (C=O) groups excluding carboxylic acids is 2. The van der Waals surface area contributed by atoms with Crippen LogP contribution in [0, 0.1) is 10.1 Å². The molecule has 1 N–H and O–H groups in total. The lowest BCUT2D eigenvalue weighted by Gasteiger charge is -2.31. The first-order valence-electron chi connectivity index (χ1n) is 9.69. The van der Waals surface area contributed by atoms with Crippen molar-refractivity contribution in [3.05, 3.63) is 88.0 Å². The third-order valence-corrected chi connectivity index (χ3v) is 5.95. The quantitative estimate of drug-likeness (QED) is 0.258. The average Bonchev–Trinajstić information content (AvgIpc) is 2.80. The highest BCUT2D eigenvalue weighted by Crippen LogP contribution is 2.48. The van der Waals surface area contributed by atoms with E-state index in [-0.39, 0.29) is 23.9 Å². The van der Waals surface area contributed by atoms with E-state index < -0.39 is 4.92 Å². The van der Waals surface area contributed by atoms with Gasteiger partial charge in [-0.15, -0.1) is 0 Å². The number of Topliss-reactive ketones (excluding diaryl/α,β-unsaturated/α-hetero) is 1. The molecule has 8 nitrogen and oxygen atoms in total. The summed E-state index contributed by atoms with van der Waals surface area (Å²) in [7, 11) is 0.